The van der Waals surface area contributed by atoms with Crippen LogP contribution in [0.3, 0.4) is 0 Å². The molecule has 0 unspecified atom stereocenters. The van der Waals surface area contributed by atoms with Crippen molar-refractivity contribution in [3.05, 3.63) is 45.6 Å². The first-order valence-corrected chi connectivity index (χ1v) is 9.18. The molecule has 0 aliphatic heterocycles. The van der Waals surface area contributed by atoms with Crippen molar-refractivity contribution in [3.8, 4) is 5.88 Å². The van der Waals surface area contributed by atoms with Crippen molar-refractivity contribution in [1.82, 2.24) is 15.4 Å². The Bertz CT molecular complexity index is 825. The summed E-state index contributed by atoms with van der Waals surface area (Å²) in [5.74, 6) is 0.493. The number of amides is 1. The number of carbonyl (C=O) groups excluding carboxylic acids is 1. The fraction of sp³-hybridized carbons (Fsp3) is 0.333. The fourth-order valence-electron chi connectivity index (χ4n) is 2.20. The molecule has 1 heterocycles. The van der Waals surface area contributed by atoms with Crippen LogP contribution in [0.2, 0.25) is 10.0 Å². The number of aromatic nitrogens is 2. The van der Waals surface area contributed by atoms with Crippen LogP contribution in [-0.4, -0.2) is 41.8 Å². The lowest BCUT2D eigenvalue weighted by atomic mass is 10.2. The molecule has 1 aromatic carbocycles. The molecule has 27 heavy (non-hydrogen) atoms. The Morgan fingerprint density at radius 1 is 1.26 bits per heavy atom. The first-order chi connectivity index (χ1) is 12.9. The zero-order valence-electron chi connectivity index (χ0n) is 15.4. The second-order valence-electron chi connectivity index (χ2n) is 5.57. The Kier molecular flexibility index (Phi) is 7.82. The number of nitrogens with zero attached hydrogens (tertiary/aromatic N) is 4. The smallest absolute Gasteiger partial charge is 0.278 e. The molecule has 0 bridgehead atoms. The average Bonchev–Trinajstić information content (AvgIpc) is 2.62. The Morgan fingerprint density at radius 2 is 2.00 bits per heavy atom. The Labute approximate surface area is 168 Å². The summed E-state index contributed by atoms with van der Waals surface area (Å²) in [5.41, 5.74) is 3.78. The van der Waals surface area contributed by atoms with Crippen LogP contribution in [-0.2, 0) is 4.79 Å². The lowest BCUT2D eigenvalue weighted by molar-refractivity contribution is -0.123. The minimum absolute atomic E-state index is 0.222. The van der Waals surface area contributed by atoms with Gasteiger partial charge in [0.2, 0.25) is 11.8 Å². The zero-order chi connectivity index (χ0) is 19.8. The third-order valence-corrected chi connectivity index (χ3v) is 4.13. The molecule has 0 radical (unpaired) electrons. The van der Waals surface area contributed by atoms with Crippen LogP contribution in [0.5, 0.6) is 5.88 Å². The summed E-state index contributed by atoms with van der Waals surface area (Å²) in [6.07, 6.45) is 1.43. The Balaban J connectivity index is 1.92. The van der Waals surface area contributed by atoms with Crippen molar-refractivity contribution in [2.45, 2.75) is 20.8 Å². The average molecular weight is 410 g/mol. The molecule has 0 spiro atoms. The number of benzene rings is 1. The summed E-state index contributed by atoms with van der Waals surface area (Å²) in [5, 5.41) is 4.83. The number of anilines is 1. The van der Waals surface area contributed by atoms with Crippen LogP contribution in [0, 0.1) is 6.92 Å². The maximum Gasteiger partial charge on any atom is 0.278 e. The van der Waals surface area contributed by atoms with Crippen molar-refractivity contribution in [2.24, 2.45) is 5.10 Å². The van der Waals surface area contributed by atoms with Crippen LogP contribution in [0.25, 0.3) is 0 Å². The van der Waals surface area contributed by atoms with Gasteiger partial charge in [-0.05, 0) is 32.9 Å². The van der Waals surface area contributed by atoms with Gasteiger partial charge in [0.25, 0.3) is 5.91 Å². The molecule has 1 amide bonds. The van der Waals surface area contributed by atoms with Gasteiger partial charge in [-0.2, -0.15) is 10.1 Å². The Hall–Kier alpha value is -2.38. The third kappa shape index (κ3) is 6.37. The summed E-state index contributed by atoms with van der Waals surface area (Å²) in [6.45, 7) is 7.23. The number of carbonyl (C=O) groups is 1. The van der Waals surface area contributed by atoms with Crippen molar-refractivity contribution < 1.29 is 9.53 Å². The van der Waals surface area contributed by atoms with Gasteiger partial charge in [0, 0.05) is 35.4 Å². The van der Waals surface area contributed by atoms with Gasteiger partial charge in [0.05, 0.1) is 11.2 Å². The van der Waals surface area contributed by atoms with E-state index < -0.39 is 5.91 Å². The minimum Gasteiger partial charge on any atom is -0.467 e. The van der Waals surface area contributed by atoms with Gasteiger partial charge in [-0.15, -0.1) is 0 Å². The van der Waals surface area contributed by atoms with Crippen molar-refractivity contribution in [1.29, 1.82) is 0 Å². The maximum absolute atomic E-state index is 11.9. The first-order valence-electron chi connectivity index (χ1n) is 8.43. The topological polar surface area (TPSA) is 79.7 Å². The molecule has 144 valence electrons. The maximum atomic E-state index is 11.9. The number of aryl methyl sites for hydroxylation is 1. The number of rotatable bonds is 8. The molecular weight excluding hydrogens is 389 g/mol. The van der Waals surface area contributed by atoms with Gasteiger partial charge >= 0.3 is 0 Å². The number of hydrogen-bond acceptors (Lipinski definition) is 6. The van der Waals surface area contributed by atoms with Gasteiger partial charge in [0.1, 0.15) is 0 Å². The van der Waals surface area contributed by atoms with Gasteiger partial charge in [-0.1, -0.05) is 29.3 Å². The highest BCUT2D eigenvalue weighted by molar-refractivity contribution is 6.36. The summed E-state index contributed by atoms with van der Waals surface area (Å²) < 4.78 is 5.46. The van der Waals surface area contributed by atoms with Crippen LogP contribution >= 0.6 is 23.2 Å². The van der Waals surface area contributed by atoms with E-state index in [0.717, 1.165) is 18.8 Å². The lowest BCUT2D eigenvalue weighted by Gasteiger charge is -2.19. The summed E-state index contributed by atoms with van der Waals surface area (Å²) in [4.78, 5) is 22.6. The molecule has 0 saturated carbocycles. The Morgan fingerprint density at radius 3 is 2.67 bits per heavy atom. The van der Waals surface area contributed by atoms with Gasteiger partial charge in [0.15, 0.2) is 6.61 Å². The van der Waals surface area contributed by atoms with E-state index in [0.29, 0.717) is 27.4 Å². The quantitative estimate of drug-likeness (QED) is 0.533. The van der Waals surface area contributed by atoms with E-state index in [-0.39, 0.29) is 6.61 Å². The van der Waals surface area contributed by atoms with Gasteiger partial charge < -0.3 is 9.64 Å². The van der Waals surface area contributed by atoms with Gasteiger partial charge in [-0.25, -0.2) is 10.4 Å². The normalized spacial score (nSPS) is 10.9. The molecule has 0 aliphatic carbocycles. The molecule has 1 N–H and O–H groups in total. The second kappa shape index (κ2) is 10.1. The molecule has 1 aromatic heterocycles. The highest BCUT2D eigenvalue weighted by Gasteiger charge is 2.10. The molecule has 2 rings (SSSR count). The highest BCUT2D eigenvalue weighted by atomic mass is 35.5. The van der Waals surface area contributed by atoms with E-state index in [4.69, 9.17) is 27.9 Å². The minimum atomic E-state index is -0.419. The predicted octanol–water partition coefficient (Wildman–Crippen LogP) is 3.47. The lowest BCUT2D eigenvalue weighted by Crippen LogP contribution is -2.26. The number of nitrogens with one attached hydrogen (secondary N) is 1. The summed E-state index contributed by atoms with van der Waals surface area (Å²) in [6, 6.07) is 6.66. The second-order valence-corrected chi connectivity index (χ2v) is 6.41. The zero-order valence-corrected chi connectivity index (χ0v) is 16.9. The van der Waals surface area contributed by atoms with Crippen molar-refractivity contribution >= 4 is 41.3 Å². The summed E-state index contributed by atoms with van der Waals surface area (Å²) in [7, 11) is 0. The van der Waals surface area contributed by atoms with Crippen LogP contribution in [0.1, 0.15) is 25.1 Å². The number of ether oxygens (including phenoxy) is 1. The van der Waals surface area contributed by atoms with Crippen LogP contribution < -0.4 is 15.1 Å². The molecule has 0 fully saturated rings. The first kappa shape index (κ1) is 20.9. The highest BCUT2D eigenvalue weighted by Crippen LogP contribution is 2.19. The van der Waals surface area contributed by atoms with Crippen LogP contribution in [0.15, 0.2) is 29.4 Å². The van der Waals surface area contributed by atoms with E-state index in [1.54, 1.807) is 24.3 Å². The van der Waals surface area contributed by atoms with E-state index in [1.807, 2.05) is 25.7 Å². The van der Waals surface area contributed by atoms with Crippen LogP contribution in [0.4, 0.5) is 5.95 Å². The molecule has 2 aromatic rings. The van der Waals surface area contributed by atoms with E-state index in [1.165, 1.54) is 6.21 Å². The number of halogens is 2. The molecule has 0 saturated heterocycles. The van der Waals surface area contributed by atoms with E-state index in [9.17, 15) is 4.79 Å². The van der Waals surface area contributed by atoms with Gasteiger partial charge in [-0.3, -0.25) is 4.79 Å². The number of hydrazone groups is 1. The van der Waals surface area contributed by atoms with E-state index in [2.05, 4.69) is 20.5 Å². The van der Waals surface area contributed by atoms with E-state index >= 15 is 0 Å². The van der Waals surface area contributed by atoms with Crippen molar-refractivity contribution in [2.75, 3.05) is 24.6 Å². The standard InChI is InChI=1S/C18H21Cl2N5O2/c1-4-25(5-2)18-22-12(3)8-17(23-18)27-11-16(26)24-21-10-13-6-7-14(19)9-15(13)20/h6-10H,4-5,11H2,1-3H3,(H,24,26). The summed E-state index contributed by atoms with van der Waals surface area (Å²) >= 11 is 11.9. The third-order valence-electron chi connectivity index (χ3n) is 3.57. The molecule has 7 nitrogen and oxygen atoms in total. The predicted molar refractivity (Wildman–Crippen MR) is 108 cm³/mol. The monoisotopic (exact) mass is 409 g/mol. The fourth-order valence-corrected chi connectivity index (χ4v) is 2.66. The molecule has 0 aliphatic rings. The SMILES string of the molecule is CCN(CC)c1nc(C)cc(OCC(=O)NN=Cc2ccc(Cl)cc2Cl)n1. The largest absolute Gasteiger partial charge is 0.467 e. The molecule has 9 heteroatoms. The molecular formula is C18H21Cl2N5O2. The molecule has 0 atom stereocenters. The number of hydrogen-bond donors (Lipinski definition) is 1. The van der Waals surface area contributed by atoms with Crippen molar-refractivity contribution in [3.63, 3.8) is 0 Å².